The number of amides is 1. The molecule has 0 bridgehead atoms. The molecule has 0 fully saturated rings. The quantitative estimate of drug-likeness (QED) is 0.153. The van der Waals surface area contributed by atoms with Gasteiger partial charge in [-0.1, -0.05) is 126 Å². The van der Waals surface area contributed by atoms with Crippen LogP contribution in [0.25, 0.3) is 0 Å². The summed E-state index contributed by atoms with van der Waals surface area (Å²) in [6.07, 6.45) is 15.2. The minimum Gasteiger partial charge on any atom is -0.481 e. The summed E-state index contributed by atoms with van der Waals surface area (Å²) < 4.78 is 0. The van der Waals surface area contributed by atoms with Crippen LogP contribution >= 0.6 is 0 Å². The predicted octanol–water partition coefficient (Wildman–Crippen LogP) is 8.04. The molecular weight excluding hydrogens is 450 g/mol. The zero-order valence-corrected chi connectivity index (χ0v) is 21.8. The van der Waals surface area contributed by atoms with Crippen LogP contribution in [-0.4, -0.2) is 22.8 Å². The number of carbonyl (C=O) groups is 3. The maximum absolute atomic E-state index is 12.7. The zero-order valence-electron chi connectivity index (χ0n) is 21.8. The molecular formula is C31H43NO4. The molecule has 5 nitrogen and oxygen atoms in total. The van der Waals surface area contributed by atoms with Crippen molar-refractivity contribution in [2.75, 3.05) is 5.32 Å². The van der Waals surface area contributed by atoms with Gasteiger partial charge in [-0.15, -0.1) is 0 Å². The summed E-state index contributed by atoms with van der Waals surface area (Å²) in [5, 5.41) is 12.3. The third-order valence-corrected chi connectivity index (χ3v) is 6.63. The predicted molar refractivity (Wildman–Crippen MR) is 146 cm³/mol. The maximum Gasteiger partial charge on any atom is 0.307 e. The molecule has 5 heteroatoms. The van der Waals surface area contributed by atoms with E-state index in [0.29, 0.717) is 23.2 Å². The van der Waals surface area contributed by atoms with Gasteiger partial charge in [-0.3, -0.25) is 14.4 Å². The van der Waals surface area contributed by atoms with Crippen molar-refractivity contribution in [3.63, 3.8) is 0 Å². The van der Waals surface area contributed by atoms with Crippen molar-refractivity contribution in [1.82, 2.24) is 0 Å². The molecule has 1 unspecified atom stereocenters. The summed E-state index contributed by atoms with van der Waals surface area (Å²) >= 11 is 0. The number of unbranched alkanes of at least 4 members (excludes halogenated alkanes) is 11. The lowest BCUT2D eigenvalue weighted by atomic mass is 9.96. The smallest absolute Gasteiger partial charge is 0.307 e. The molecule has 0 radical (unpaired) electrons. The summed E-state index contributed by atoms with van der Waals surface area (Å²) in [7, 11) is 0. The lowest BCUT2D eigenvalue weighted by Crippen LogP contribution is -2.22. The Bertz CT molecular complexity index is 925. The second kappa shape index (κ2) is 17.5. The van der Waals surface area contributed by atoms with E-state index in [9.17, 15) is 19.5 Å². The molecule has 0 saturated heterocycles. The fraction of sp³-hybridized carbons (Fsp3) is 0.516. The fourth-order valence-corrected chi connectivity index (χ4v) is 4.47. The minimum atomic E-state index is -0.929. The van der Waals surface area contributed by atoms with Crippen molar-refractivity contribution < 1.29 is 19.5 Å². The highest BCUT2D eigenvalue weighted by Gasteiger charge is 2.21. The number of anilines is 1. The number of hydrogen-bond acceptors (Lipinski definition) is 3. The van der Waals surface area contributed by atoms with Gasteiger partial charge in [-0.2, -0.15) is 0 Å². The van der Waals surface area contributed by atoms with Gasteiger partial charge in [0.2, 0.25) is 5.91 Å². The third kappa shape index (κ3) is 11.7. The fourth-order valence-electron chi connectivity index (χ4n) is 4.47. The maximum atomic E-state index is 12.7. The Labute approximate surface area is 216 Å². The average Bonchev–Trinajstić information content (AvgIpc) is 2.88. The number of nitrogens with one attached hydrogen (secondary N) is 1. The largest absolute Gasteiger partial charge is 0.481 e. The van der Waals surface area contributed by atoms with Crippen LogP contribution in [0.2, 0.25) is 0 Å². The van der Waals surface area contributed by atoms with Gasteiger partial charge in [0.05, 0.1) is 5.92 Å². The summed E-state index contributed by atoms with van der Waals surface area (Å²) in [6.45, 7) is 2.24. The Balaban J connectivity index is 1.67. The van der Waals surface area contributed by atoms with Crippen LogP contribution in [0.4, 0.5) is 5.69 Å². The van der Waals surface area contributed by atoms with Gasteiger partial charge in [0, 0.05) is 23.2 Å². The molecule has 1 atom stereocenters. The van der Waals surface area contributed by atoms with E-state index >= 15 is 0 Å². The van der Waals surface area contributed by atoms with E-state index < -0.39 is 11.9 Å². The first-order chi connectivity index (χ1) is 17.5. The number of carbonyl (C=O) groups excluding carboxylic acids is 2. The van der Waals surface area contributed by atoms with Crippen molar-refractivity contribution >= 4 is 23.3 Å². The van der Waals surface area contributed by atoms with Crippen LogP contribution in [-0.2, 0) is 9.59 Å². The monoisotopic (exact) mass is 493 g/mol. The van der Waals surface area contributed by atoms with E-state index in [1.807, 2.05) is 6.07 Å². The molecule has 0 aromatic heterocycles. The molecule has 0 heterocycles. The molecule has 0 spiro atoms. The highest BCUT2D eigenvalue weighted by molar-refractivity contribution is 6.09. The van der Waals surface area contributed by atoms with Crippen molar-refractivity contribution in [3.05, 3.63) is 65.7 Å². The molecule has 0 aliphatic rings. The Morgan fingerprint density at radius 1 is 0.722 bits per heavy atom. The second-order valence-corrected chi connectivity index (χ2v) is 9.74. The van der Waals surface area contributed by atoms with Crippen LogP contribution in [0.5, 0.6) is 0 Å². The standard InChI is InChI=1S/C31H43NO4/c1-2-3-4-5-6-7-8-9-10-11-12-14-20-27(31(35)36)24-29(33)32-28-22-17-21-26(23-28)30(34)25-18-15-13-16-19-25/h13,15-19,21-23,27H,2-12,14,20,24H2,1H3,(H,32,33)(H,35,36). The number of carboxylic acids is 1. The first-order valence-corrected chi connectivity index (χ1v) is 13.7. The zero-order chi connectivity index (χ0) is 26.0. The first kappa shape index (κ1) is 29.3. The lowest BCUT2D eigenvalue weighted by molar-refractivity contribution is -0.143. The highest BCUT2D eigenvalue weighted by atomic mass is 16.4. The van der Waals surface area contributed by atoms with Gasteiger partial charge in [-0.25, -0.2) is 0 Å². The molecule has 0 aliphatic carbocycles. The summed E-state index contributed by atoms with van der Waals surface area (Å²) in [5.41, 5.74) is 1.55. The van der Waals surface area contributed by atoms with Gasteiger partial charge in [0.1, 0.15) is 0 Å². The Morgan fingerprint density at radius 3 is 1.86 bits per heavy atom. The SMILES string of the molecule is CCCCCCCCCCCCCCC(CC(=O)Nc1cccc(C(=O)c2ccccc2)c1)C(=O)O. The van der Waals surface area contributed by atoms with E-state index in [1.54, 1.807) is 48.5 Å². The number of hydrogen-bond donors (Lipinski definition) is 2. The molecule has 2 rings (SSSR count). The van der Waals surface area contributed by atoms with Crippen molar-refractivity contribution in [2.24, 2.45) is 5.92 Å². The summed E-state index contributed by atoms with van der Waals surface area (Å²) in [5.74, 6) is -2.09. The van der Waals surface area contributed by atoms with Gasteiger partial charge in [0.15, 0.2) is 5.78 Å². The van der Waals surface area contributed by atoms with E-state index in [1.165, 1.54) is 57.8 Å². The number of benzene rings is 2. The summed E-state index contributed by atoms with van der Waals surface area (Å²) in [6, 6.07) is 15.7. The average molecular weight is 494 g/mol. The Morgan fingerprint density at radius 2 is 1.28 bits per heavy atom. The lowest BCUT2D eigenvalue weighted by Gasteiger charge is -2.13. The Kier molecular flexibility index (Phi) is 14.2. The van der Waals surface area contributed by atoms with E-state index in [2.05, 4.69) is 12.2 Å². The van der Waals surface area contributed by atoms with E-state index in [4.69, 9.17) is 0 Å². The molecule has 2 aromatic carbocycles. The molecule has 36 heavy (non-hydrogen) atoms. The number of ketones is 1. The van der Waals surface area contributed by atoms with Crippen molar-refractivity contribution in [3.8, 4) is 0 Å². The van der Waals surface area contributed by atoms with Crippen LogP contribution in [0.1, 0.15) is 113 Å². The van der Waals surface area contributed by atoms with E-state index in [-0.39, 0.29) is 18.1 Å². The normalized spacial score (nSPS) is 11.7. The molecule has 2 aromatic rings. The third-order valence-electron chi connectivity index (χ3n) is 6.63. The van der Waals surface area contributed by atoms with Gasteiger partial charge in [0.25, 0.3) is 0 Å². The van der Waals surface area contributed by atoms with Gasteiger partial charge in [-0.05, 0) is 18.6 Å². The number of carboxylic acid groups (broad SMARTS) is 1. The van der Waals surface area contributed by atoms with Crippen LogP contribution in [0.3, 0.4) is 0 Å². The van der Waals surface area contributed by atoms with Crippen LogP contribution in [0, 0.1) is 5.92 Å². The minimum absolute atomic E-state index is 0.0653. The molecule has 0 aliphatic heterocycles. The van der Waals surface area contributed by atoms with Crippen LogP contribution in [0.15, 0.2) is 54.6 Å². The second-order valence-electron chi connectivity index (χ2n) is 9.74. The molecule has 0 saturated carbocycles. The van der Waals surface area contributed by atoms with Gasteiger partial charge >= 0.3 is 5.97 Å². The molecule has 2 N–H and O–H groups in total. The Hall–Kier alpha value is -2.95. The molecule has 196 valence electrons. The summed E-state index contributed by atoms with van der Waals surface area (Å²) in [4.78, 5) is 36.9. The highest BCUT2D eigenvalue weighted by Crippen LogP contribution is 2.19. The first-order valence-electron chi connectivity index (χ1n) is 13.7. The van der Waals surface area contributed by atoms with Crippen molar-refractivity contribution in [1.29, 1.82) is 0 Å². The van der Waals surface area contributed by atoms with Crippen LogP contribution < -0.4 is 5.32 Å². The molecule has 1 amide bonds. The number of rotatable bonds is 19. The topological polar surface area (TPSA) is 83.5 Å². The van der Waals surface area contributed by atoms with Crippen molar-refractivity contribution in [2.45, 2.75) is 96.8 Å². The number of aliphatic carboxylic acids is 1. The van der Waals surface area contributed by atoms with Gasteiger partial charge < -0.3 is 10.4 Å². The van der Waals surface area contributed by atoms with E-state index in [0.717, 1.165) is 19.3 Å².